The Morgan fingerprint density at radius 3 is 0.947 bits per heavy atom. The highest BCUT2D eigenvalue weighted by atomic mass is 14.9. The van der Waals surface area contributed by atoms with E-state index in [1.165, 1.54) is 33.4 Å². The second-order valence-corrected chi connectivity index (χ2v) is 31.9. The second-order valence-electron chi connectivity index (χ2n) is 31.9. The molecular formula is C88H92N6. The van der Waals surface area contributed by atoms with Crippen molar-refractivity contribution < 1.29 is 0 Å². The number of benzene rings is 7. The summed E-state index contributed by atoms with van der Waals surface area (Å²) < 4.78 is 0. The quantitative estimate of drug-likeness (QED) is 0.141. The van der Waals surface area contributed by atoms with Gasteiger partial charge in [0.2, 0.25) is 0 Å². The van der Waals surface area contributed by atoms with Gasteiger partial charge in [0.05, 0.1) is 56.6 Å². The van der Waals surface area contributed by atoms with Crippen LogP contribution in [0.25, 0.3) is 79.4 Å². The van der Waals surface area contributed by atoms with Crippen LogP contribution in [0.2, 0.25) is 0 Å². The molecule has 0 radical (unpaired) electrons. The second kappa shape index (κ2) is 24.4. The van der Waals surface area contributed by atoms with E-state index >= 15 is 0 Å². The maximum absolute atomic E-state index is 5.95. The summed E-state index contributed by atoms with van der Waals surface area (Å²) in [7, 11) is 0. The fourth-order valence-electron chi connectivity index (χ4n) is 12.5. The van der Waals surface area contributed by atoms with Gasteiger partial charge in [0, 0.05) is 50.0 Å². The van der Waals surface area contributed by atoms with Crippen molar-refractivity contribution >= 4 is 63.1 Å². The molecule has 5 heterocycles. The highest BCUT2D eigenvalue weighted by Gasteiger charge is 2.29. The molecule has 0 fully saturated rings. The highest BCUT2D eigenvalue weighted by molar-refractivity contribution is 6.16. The van der Waals surface area contributed by atoms with E-state index in [0.29, 0.717) is 11.4 Å². The molecule has 474 valence electrons. The van der Waals surface area contributed by atoms with Crippen LogP contribution < -0.4 is 0 Å². The molecule has 12 rings (SSSR count). The van der Waals surface area contributed by atoms with Gasteiger partial charge < -0.3 is 9.97 Å². The van der Waals surface area contributed by atoms with Gasteiger partial charge in [0.15, 0.2) is 0 Å². The van der Waals surface area contributed by atoms with Gasteiger partial charge in [0.25, 0.3) is 0 Å². The monoisotopic (exact) mass is 1230 g/mol. The van der Waals surface area contributed by atoms with Crippen molar-refractivity contribution in [1.29, 1.82) is 0 Å². The van der Waals surface area contributed by atoms with E-state index in [9.17, 15) is 0 Å². The number of aromatic amines is 2. The van der Waals surface area contributed by atoms with E-state index in [1.807, 2.05) is 0 Å². The Kier molecular flexibility index (Phi) is 16.8. The third-order valence-electron chi connectivity index (χ3n) is 18.3. The van der Waals surface area contributed by atoms with Crippen LogP contribution in [0.3, 0.4) is 0 Å². The molecule has 6 heteroatoms. The molecule has 6 nitrogen and oxygen atoms in total. The number of nitrogens with zero attached hydrogens (tertiary/aromatic N) is 4. The van der Waals surface area contributed by atoms with E-state index in [-0.39, 0.29) is 32.5 Å². The zero-order chi connectivity index (χ0) is 66.9. The molecule has 0 spiro atoms. The zero-order valence-electron chi connectivity index (χ0n) is 58.6. The Balaban J connectivity index is 1.34. The minimum atomic E-state index is -0.173. The molecule has 0 saturated heterocycles. The first-order valence-electron chi connectivity index (χ1n) is 33.4. The molecule has 0 saturated carbocycles. The van der Waals surface area contributed by atoms with Gasteiger partial charge >= 0.3 is 0 Å². The molecule has 7 aromatic carbocycles. The Hall–Kier alpha value is -9.52. The molecule has 0 amide bonds. The third kappa shape index (κ3) is 13.6. The van der Waals surface area contributed by atoms with Crippen LogP contribution >= 0.6 is 0 Å². The fraction of sp³-hybridized carbons (Fsp3) is 0.273. The Labute approximate surface area is 558 Å². The lowest BCUT2D eigenvalue weighted by Crippen LogP contribution is -2.16. The lowest BCUT2D eigenvalue weighted by atomic mass is 9.78. The number of fused-ring (bicyclic) bond motifs is 8. The first-order valence-corrected chi connectivity index (χ1v) is 33.4. The standard InChI is InChI=1S/C88H92N6/c1-83(2,3)62-43-59(44-63(49-62)84(4,5)6)78-68-39-41-70(89-68)79(60-45-64(85(7,8)9)50-65(46-60)86(10,11)12)76-53-74(93-81(55-31-23-19-24-32-55)56-33-25-20-26-34-56)72(91-76)52-73-75(94-82(57-35-27-21-28-36-57)58-37-29-22-30-38-58)54-77(92-73)80(71-42-40-69(78)90-71)61-47-66(87(13,14)15)51-67(48-61)88(16,17)18/h19-54,89,92H,1-18H3. The Morgan fingerprint density at radius 2 is 0.606 bits per heavy atom. The number of nitrogens with one attached hydrogen (secondary N) is 2. The molecule has 3 aromatic heterocycles. The van der Waals surface area contributed by atoms with Gasteiger partial charge in [-0.1, -0.05) is 301 Å². The fourth-order valence-corrected chi connectivity index (χ4v) is 12.5. The van der Waals surface area contributed by atoms with Gasteiger partial charge in [0.1, 0.15) is 0 Å². The number of hydrogen-bond acceptors (Lipinski definition) is 4. The summed E-state index contributed by atoms with van der Waals surface area (Å²) in [6.45, 7) is 41.6. The zero-order valence-corrected chi connectivity index (χ0v) is 58.6. The summed E-state index contributed by atoms with van der Waals surface area (Å²) in [5.74, 6) is 0. The van der Waals surface area contributed by atoms with Crippen LogP contribution in [0.15, 0.2) is 210 Å². The van der Waals surface area contributed by atoms with Crippen molar-refractivity contribution in [1.82, 2.24) is 19.9 Å². The SMILES string of the molecule is CC(C)(C)c1cc(-c2c3nc(c(-c4cc(C(C)(C)C)cc(C(C)(C)C)c4)c4ccc([nH]4)c(-c4cc(C(C)(C)C)cc(C(C)(C)C)c4)c4nc(cc5[nH]c2cc5N=C(c2ccccc2)c2ccccc2)C(N=C(c2ccccc2)c2ccccc2)=C4)C=C3)cc(C(C)(C)C)c1. The van der Waals surface area contributed by atoms with Crippen LogP contribution in [0.5, 0.6) is 0 Å². The van der Waals surface area contributed by atoms with Gasteiger partial charge in [-0.3, -0.25) is 0 Å². The first kappa shape index (κ1) is 64.6. The Bertz CT molecular complexity index is 4650. The van der Waals surface area contributed by atoms with Crippen molar-refractivity contribution in [3.63, 3.8) is 0 Å². The van der Waals surface area contributed by atoms with Crippen molar-refractivity contribution in [2.45, 2.75) is 157 Å². The molecule has 0 aliphatic carbocycles. The summed E-state index contributed by atoms with van der Waals surface area (Å²) in [5, 5.41) is 0. The van der Waals surface area contributed by atoms with E-state index in [4.69, 9.17) is 20.0 Å². The van der Waals surface area contributed by atoms with Crippen LogP contribution in [0.1, 0.15) is 203 Å². The smallest absolute Gasteiger partial charge is 0.0916 e. The van der Waals surface area contributed by atoms with Crippen molar-refractivity contribution in [3.05, 3.63) is 279 Å². The Morgan fingerprint density at radius 1 is 0.298 bits per heavy atom. The summed E-state index contributed by atoms with van der Waals surface area (Å²) in [5.41, 5.74) is 26.5. The van der Waals surface area contributed by atoms with Gasteiger partial charge in [-0.05, 0) is 125 Å². The van der Waals surface area contributed by atoms with Crippen molar-refractivity contribution in [3.8, 4) is 33.4 Å². The van der Waals surface area contributed by atoms with Crippen molar-refractivity contribution in [2.24, 2.45) is 9.98 Å². The van der Waals surface area contributed by atoms with Crippen LogP contribution in [0, 0.1) is 0 Å². The maximum atomic E-state index is 5.95. The average molecular weight is 1230 g/mol. The minimum absolute atomic E-state index is 0.153. The van der Waals surface area contributed by atoms with E-state index < -0.39 is 0 Å². The molecule has 94 heavy (non-hydrogen) atoms. The lowest BCUT2D eigenvalue weighted by molar-refractivity contribution is 0.568. The number of rotatable bonds is 9. The predicted octanol–water partition coefficient (Wildman–Crippen LogP) is 23.5. The van der Waals surface area contributed by atoms with Crippen LogP contribution in [-0.2, 0) is 32.5 Å². The molecule has 0 unspecified atom stereocenters. The molecular weight excluding hydrogens is 1140 g/mol. The van der Waals surface area contributed by atoms with Crippen LogP contribution in [-0.4, -0.2) is 31.4 Å². The molecule has 0 atom stereocenters. The summed E-state index contributed by atoms with van der Waals surface area (Å²) >= 11 is 0. The van der Waals surface area contributed by atoms with E-state index in [2.05, 4.69) is 353 Å². The lowest BCUT2D eigenvalue weighted by Gasteiger charge is -2.26. The largest absolute Gasteiger partial charge is 0.354 e. The number of hydrogen-bond donors (Lipinski definition) is 2. The summed E-state index contributed by atoms with van der Waals surface area (Å²) in [6.07, 6.45) is 6.67. The first-order chi connectivity index (χ1) is 44.3. The topological polar surface area (TPSA) is 82.1 Å². The highest BCUT2D eigenvalue weighted by Crippen LogP contribution is 2.45. The third-order valence-corrected chi connectivity index (χ3v) is 18.3. The van der Waals surface area contributed by atoms with Gasteiger partial charge in [-0.2, -0.15) is 0 Å². The number of aliphatic imine (C=N–C) groups is 2. The molecule has 8 bridgehead atoms. The number of aromatic nitrogens is 4. The normalized spacial score (nSPS) is 13.0. The molecule has 10 aromatic rings. The molecule has 2 aliphatic heterocycles. The van der Waals surface area contributed by atoms with E-state index in [1.54, 1.807) is 0 Å². The average Bonchev–Trinajstić information content (AvgIpc) is 1.55. The van der Waals surface area contributed by atoms with Gasteiger partial charge in [-0.25, -0.2) is 20.0 Å². The minimum Gasteiger partial charge on any atom is -0.354 e. The predicted molar refractivity (Wildman–Crippen MR) is 403 cm³/mol. The summed E-state index contributed by atoms with van der Waals surface area (Å²) in [6, 6.07) is 72.6. The summed E-state index contributed by atoms with van der Waals surface area (Å²) in [4.78, 5) is 31.8. The van der Waals surface area contributed by atoms with Crippen molar-refractivity contribution in [2.75, 3.05) is 0 Å². The van der Waals surface area contributed by atoms with Crippen LogP contribution in [0.4, 0.5) is 5.69 Å². The number of H-pyrrole nitrogens is 2. The van der Waals surface area contributed by atoms with E-state index in [0.717, 1.165) is 112 Å². The maximum Gasteiger partial charge on any atom is 0.0916 e. The molecule has 2 N–H and O–H groups in total. The van der Waals surface area contributed by atoms with Gasteiger partial charge in [-0.15, -0.1) is 0 Å². The molecule has 2 aliphatic rings.